The number of nitrogens with one attached hydrogen (secondary N) is 1. The van der Waals surface area contributed by atoms with Crippen molar-refractivity contribution in [1.29, 1.82) is 0 Å². The fourth-order valence-corrected chi connectivity index (χ4v) is 2.42. The normalized spacial score (nSPS) is 11.5. The number of ether oxygens (including phenoxy) is 1. The maximum Gasteiger partial charge on any atom is 0.417 e. The number of hydrogen-bond donors (Lipinski definition) is 1. The van der Waals surface area contributed by atoms with E-state index in [-0.39, 0.29) is 11.5 Å². The first-order chi connectivity index (χ1) is 11.4. The Labute approximate surface area is 143 Å². The first kappa shape index (κ1) is 16.4. The maximum atomic E-state index is 12.6. The number of hydrogen-bond acceptors (Lipinski definition) is 4. The van der Waals surface area contributed by atoms with Gasteiger partial charge in [0.25, 0.3) is 0 Å². The van der Waals surface area contributed by atoms with E-state index >= 15 is 0 Å². The molecule has 2 heterocycles. The third-order valence-corrected chi connectivity index (χ3v) is 3.72. The summed E-state index contributed by atoms with van der Waals surface area (Å²) in [5, 5.41) is 6.75. The second-order valence-corrected chi connectivity index (χ2v) is 5.70. The van der Waals surface area contributed by atoms with Crippen molar-refractivity contribution in [2.45, 2.75) is 6.18 Å². The molecule has 0 atom stereocenters. The molecule has 9 heteroatoms. The molecule has 0 unspecified atom stereocenters. The van der Waals surface area contributed by atoms with Crippen molar-refractivity contribution in [2.75, 3.05) is 7.11 Å². The summed E-state index contributed by atoms with van der Waals surface area (Å²) in [5.41, 5.74) is 0.0765. The van der Waals surface area contributed by atoms with Crippen LogP contribution in [0.4, 0.5) is 13.2 Å². The molecule has 3 aromatic rings. The van der Waals surface area contributed by atoms with Gasteiger partial charge in [-0.2, -0.15) is 18.3 Å². The number of methoxy groups -OCH3 is 1. The number of aromatic amines is 1. The van der Waals surface area contributed by atoms with Gasteiger partial charge in [0.1, 0.15) is 11.4 Å². The minimum absolute atomic E-state index is 0.195. The summed E-state index contributed by atoms with van der Waals surface area (Å²) >= 11 is 3.36. The molecule has 1 aromatic carbocycles. The highest BCUT2D eigenvalue weighted by atomic mass is 79.9. The Kier molecular flexibility index (Phi) is 4.27. The van der Waals surface area contributed by atoms with Gasteiger partial charge in [-0.15, -0.1) is 0 Å². The lowest BCUT2D eigenvalue weighted by Gasteiger charge is -2.06. The van der Waals surface area contributed by atoms with Gasteiger partial charge in [-0.3, -0.25) is 10.1 Å². The highest BCUT2D eigenvalue weighted by Gasteiger charge is 2.30. The molecule has 2 aromatic heterocycles. The van der Waals surface area contributed by atoms with E-state index in [1.54, 1.807) is 12.1 Å². The van der Waals surface area contributed by atoms with Crippen molar-refractivity contribution in [2.24, 2.45) is 0 Å². The number of rotatable bonds is 3. The Morgan fingerprint density at radius 3 is 2.58 bits per heavy atom. The average Bonchev–Trinajstić information content (AvgIpc) is 3.04. The number of pyridine rings is 1. The van der Waals surface area contributed by atoms with E-state index in [4.69, 9.17) is 4.74 Å². The minimum atomic E-state index is -4.43. The van der Waals surface area contributed by atoms with Gasteiger partial charge < -0.3 is 4.74 Å². The van der Waals surface area contributed by atoms with Crippen molar-refractivity contribution in [3.05, 3.63) is 46.6 Å². The largest absolute Gasteiger partial charge is 0.496 e. The zero-order valence-corrected chi connectivity index (χ0v) is 13.8. The van der Waals surface area contributed by atoms with E-state index in [9.17, 15) is 13.2 Å². The Hall–Kier alpha value is -2.42. The lowest BCUT2D eigenvalue weighted by Crippen LogP contribution is -2.05. The number of benzene rings is 1. The summed E-state index contributed by atoms with van der Waals surface area (Å²) in [7, 11) is 1.53. The average molecular weight is 399 g/mol. The Morgan fingerprint density at radius 1 is 1.17 bits per heavy atom. The van der Waals surface area contributed by atoms with Gasteiger partial charge in [0.05, 0.1) is 18.2 Å². The van der Waals surface area contributed by atoms with Crippen LogP contribution in [0.1, 0.15) is 5.56 Å². The second-order valence-electron chi connectivity index (χ2n) is 4.78. The Morgan fingerprint density at radius 2 is 1.96 bits per heavy atom. The maximum absolute atomic E-state index is 12.6. The highest BCUT2D eigenvalue weighted by molar-refractivity contribution is 9.10. The smallest absolute Gasteiger partial charge is 0.417 e. The monoisotopic (exact) mass is 398 g/mol. The fraction of sp³-hybridized carbons (Fsp3) is 0.133. The van der Waals surface area contributed by atoms with Crippen LogP contribution in [0.15, 0.2) is 41.0 Å². The van der Waals surface area contributed by atoms with Gasteiger partial charge in [-0.25, -0.2) is 4.98 Å². The van der Waals surface area contributed by atoms with E-state index in [1.165, 1.54) is 13.2 Å². The van der Waals surface area contributed by atoms with Crippen LogP contribution in [0.2, 0.25) is 0 Å². The standard InChI is InChI=1S/C15H10BrF3N4O/c1-24-12-5-3-9(16)6-10(12)13-21-14(23-22-13)11-4-2-8(7-20-11)15(17,18)19/h2-7H,1H3,(H,21,22,23). The van der Waals surface area contributed by atoms with Crippen molar-refractivity contribution in [3.8, 4) is 28.7 Å². The molecule has 0 bridgehead atoms. The van der Waals surface area contributed by atoms with E-state index < -0.39 is 11.7 Å². The minimum Gasteiger partial charge on any atom is -0.496 e. The van der Waals surface area contributed by atoms with Gasteiger partial charge >= 0.3 is 6.18 Å². The van der Waals surface area contributed by atoms with E-state index in [0.29, 0.717) is 17.1 Å². The van der Waals surface area contributed by atoms with Crippen LogP contribution in [0.25, 0.3) is 22.9 Å². The molecule has 3 rings (SSSR count). The van der Waals surface area contributed by atoms with Gasteiger partial charge in [0, 0.05) is 10.7 Å². The molecule has 0 amide bonds. The molecule has 0 aliphatic heterocycles. The van der Waals surface area contributed by atoms with Crippen LogP contribution in [-0.4, -0.2) is 27.3 Å². The lowest BCUT2D eigenvalue weighted by molar-refractivity contribution is -0.137. The van der Waals surface area contributed by atoms with Crippen LogP contribution in [0.3, 0.4) is 0 Å². The van der Waals surface area contributed by atoms with E-state index in [1.807, 2.05) is 6.07 Å². The number of nitrogens with zero attached hydrogens (tertiary/aromatic N) is 3. The molecule has 5 nitrogen and oxygen atoms in total. The van der Waals surface area contributed by atoms with Crippen molar-refractivity contribution >= 4 is 15.9 Å². The molecule has 0 spiro atoms. The predicted octanol–water partition coefficient (Wildman–Crippen LogP) is 4.32. The molecule has 124 valence electrons. The first-order valence-electron chi connectivity index (χ1n) is 6.68. The van der Waals surface area contributed by atoms with Crippen molar-refractivity contribution in [1.82, 2.24) is 20.2 Å². The van der Waals surface area contributed by atoms with Crippen LogP contribution in [-0.2, 0) is 6.18 Å². The molecule has 1 N–H and O–H groups in total. The van der Waals surface area contributed by atoms with E-state index in [0.717, 1.165) is 16.7 Å². The van der Waals surface area contributed by atoms with Crippen LogP contribution in [0.5, 0.6) is 5.75 Å². The van der Waals surface area contributed by atoms with Gasteiger partial charge in [0.15, 0.2) is 11.6 Å². The summed E-state index contributed by atoms with van der Waals surface area (Å²) in [5.74, 6) is 1.20. The van der Waals surface area contributed by atoms with Crippen LogP contribution < -0.4 is 4.74 Å². The molecule has 0 fully saturated rings. The first-order valence-corrected chi connectivity index (χ1v) is 7.47. The summed E-state index contributed by atoms with van der Waals surface area (Å²) in [4.78, 5) is 8.06. The molecule has 0 aliphatic rings. The van der Waals surface area contributed by atoms with Gasteiger partial charge in [-0.05, 0) is 30.3 Å². The molecule has 24 heavy (non-hydrogen) atoms. The fourth-order valence-electron chi connectivity index (χ4n) is 2.06. The zero-order chi connectivity index (χ0) is 17.3. The molecule has 0 saturated carbocycles. The SMILES string of the molecule is COc1ccc(Br)cc1-c1nc(-c2ccc(C(F)(F)F)cn2)n[nH]1. The van der Waals surface area contributed by atoms with Crippen LogP contribution >= 0.6 is 15.9 Å². The topological polar surface area (TPSA) is 63.7 Å². The van der Waals surface area contributed by atoms with Crippen molar-refractivity contribution in [3.63, 3.8) is 0 Å². The zero-order valence-electron chi connectivity index (χ0n) is 12.2. The highest BCUT2D eigenvalue weighted by Crippen LogP contribution is 2.32. The number of aromatic nitrogens is 4. The molecule has 0 radical (unpaired) electrons. The molecule has 0 saturated heterocycles. The summed E-state index contributed by atoms with van der Waals surface area (Å²) in [6, 6.07) is 7.55. The second kappa shape index (κ2) is 6.23. The van der Waals surface area contributed by atoms with Gasteiger partial charge in [0.2, 0.25) is 0 Å². The number of alkyl halides is 3. The third kappa shape index (κ3) is 3.25. The molecular formula is C15H10BrF3N4O. The quantitative estimate of drug-likeness (QED) is 0.713. The third-order valence-electron chi connectivity index (χ3n) is 3.22. The molecule has 0 aliphatic carbocycles. The van der Waals surface area contributed by atoms with E-state index in [2.05, 4.69) is 36.1 Å². The van der Waals surface area contributed by atoms with Crippen molar-refractivity contribution < 1.29 is 17.9 Å². The van der Waals surface area contributed by atoms with Gasteiger partial charge in [-0.1, -0.05) is 15.9 Å². The summed E-state index contributed by atoms with van der Waals surface area (Å²) < 4.78 is 43.8. The molecular weight excluding hydrogens is 389 g/mol. The lowest BCUT2D eigenvalue weighted by atomic mass is 10.2. The summed E-state index contributed by atoms with van der Waals surface area (Å²) in [6.07, 6.45) is -3.68. The number of halogens is 4. The Bertz CT molecular complexity index is 862. The summed E-state index contributed by atoms with van der Waals surface area (Å²) in [6.45, 7) is 0. The number of H-pyrrole nitrogens is 1. The Balaban J connectivity index is 1.95. The van der Waals surface area contributed by atoms with Crippen LogP contribution in [0, 0.1) is 0 Å². The predicted molar refractivity (Wildman–Crippen MR) is 84.3 cm³/mol.